The smallest absolute Gasteiger partial charge is 0.269 e. The van der Waals surface area contributed by atoms with Crippen LogP contribution in [0.3, 0.4) is 0 Å². The van der Waals surface area contributed by atoms with Crippen LogP contribution in [0.15, 0.2) is 66.0 Å². The Morgan fingerprint density at radius 1 is 1.12 bits per heavy atom. The number of rotatable bonds is 5. The second-order valence-electron chi connectivity index (χ2n) is 9.10. The van der Waals surface area contributed by atoms with E-state index in [9.17, 15) is 13.5 Å². The molecule has 0 bridgehead atoms. The molecule has 0 saturated carbocycles. The summed E-state index contributed by atoms with van der Waals surface area (Å²) >= 11 is 0. The van der Waals surface area contributed by atoms with Gasteiger partial charge >= 0.3 is 0 Å². The van der Waals surface area contributed by atoms with Crippen molar-refractivity contribution in [3.05, 3.63) is 72.2 Å². The van der Waals surface area contributed by atoms with Gasteiger partial charge < -0.3 is 10.0 Å². The van der Waals surface area contributed by atoms with Crippen molar-refractivity contribution < 1.29 is 13.5 Å². The van der Waals surface area contributed by atoms with E-state index in [0.29, 0.717) is 17.0 Å². The molecule has 8 heteroatoms. The Bertz CT molecular complexity index is 1440. The van der Waals surface area contributed by atoms with Gasteiger partial charge in [-0.05, 0) is 55.0 Å². The van der Waals surface area contributed by atoms with Gasteiger partial charge in [-0.3, -0.25) is 0 Å². The lowest BCUT2D eigenvalue weighted by Gasteiger charge is -2.32. The van der Waals surface area contributed by atoms with Crippen molar-refractivity contribution in [2.24, 2.45) is 5.92 Å². The van der Waals surface area contributed by atoms with E-state index in [0.717, 1.165) is 47.6 Å². The number of piperidine rings is 1. The predicted octanol–water partition coefficient (Wildman–Crippen LogP) is 4.37. The third kappa shape index (κ3) is 3.97. The molecule has 0 spiro atoms. The molecular weight excluding hydrogens is 448 g/mol. The topological polar surface area (TPSA) is 88.3 Å². The third-order valence-electron chi connectivity index (χ3n) is 6.49. The lowest BCUT2D eigenvalue weighted by molar-refractivity contribution is 0.282. The largest absolute Gasteiger partial charge is 0.392 e. The van der Waals surface area contributed by atoms with Crippen molar-refractivity contribution in [1.82, 2.24) is 13.9 Å². The lowest BCUT2D eigenvalue weighted by Crippen LogP contribution is -2.35. The number of anilines is 1. The summed E-state index contributed by atoms with van der Waals surface area (Å²) in [5.74, 6) is 1.28. The van der Waals surface area contributed by atoms with Crippen molar-refractivity contribution in [2.45, 2.75) is 38.2 Å². The lowest BCUT2D eigenvalue weighted by atomic mass is 9.99. The number of benzene rings is 2. The Morgan fingerprint density at radius 2 is 1.91 bits per heavy atom. The van der Waals surface area contributed by atoms with Crippen molar-refractivity contribution in [3.8, 4) is 11.1 Å². The number of hydrogen-bond donors (Lipinski definition) is 1. The highest BCUT2D eigenvalue weighted by Crippen LogP contribution is 2.38. The van der Waals surface area contributed by atoms with Crippen LogP contribution in [0.1, 0.15) is 30.9 Å². The minimum Gasteiger partial charge on any atom is -0.392 e. The molecule has 1 aliphatic heterocycles. The zero-order valence-corrected chi connectivity index (χ0v) is 20.2. The third-order valence-corrected chi connectivity index (χ3v) is 8.15. The number of nitrogens with zero attached hydrogens (tertiary/aromatic N) is 4. The summed E-state index contributed by atoms with van der Waals surface area (Å²) in [5, 5.41) is 10.4. The van der Waals surface area contributed by atoms with E-state index in [4.69, 9.17) is 0 Å². The molecule has 1 fully saturated rings. The summed E-state index contributed by atoms with van der Waals surface area (Å²) in [6.07, 6.45) is 5.32. The quantitative estimate of drug-likeness (QED) is 0.460. The molecule has 4 aromatic rings. The summed E-state index contributed by atoms with van der Waals surface area (Å²) < 4.78 is 28.7. The van der Waals surface area contributed by atoms with E-state index in [2.05, 4.69) is 21.8 Å². The molecule has 1 N–H and O–H groups in total. The fourth-order valence-corrected chi connectivity index (χ4v) is 6.02. The fourth-order valence-electron chi connectivity index (χ4n) is 4.70. The van der Waals surface area contributed by atoms with Gasteiger partial charge in [-0.15, -0.1) is 0 Å². The van der Waals surface area contributed by atoms with Gasteiger partial charge in [-0.2, -0.15) is 0 Å². The van der Waals surface area contributed by atoms with Crippen molar-refractivity contribution >= 4 is 26.9 Å². The Morgan fingerprint density at radius 3 is 2.65 bits per heavy atom. The van der Waals surface area contributed by atoms with Crippen LogP contribution in [0.5, 0.6) is 0 Å². The first-order chi connectivity index (χ1) is 16.4. The highest BCUT2D eigenvalue weighted by Gasteiger charge is 2.28. The summed E-state index contributed by atoms with van der Waals surface area (Å²) in [6, 6.07) is 14.3. The number of fused-ring (bicyclic) bond motifs is 1. The molecule has 1 aliphatic rings. The van der Waals surface area contributed by atoms with Crippen LogP contribution in [0, 0.1) is 12.8 Å². The van der Waals surface area contributed by atoms with Crippen LogP contribution in [-0.2, 0) is 16.6 Å². The molecular formula is C26H28N4O3S. The first kappa shape index (κ1) is 22.6. The molecule has 2 aromatic carbocycles. The average molecular weight is 477 g/mol. The van der Waals surface area contributed by atoms with E-state index in [1.807, 2.05) is 31.2 Å². The zero-order valence-electron chi connectivity index (χ0n) is 19.3. The molecule has 1 atom stereocenters. The van der Waals surface area contributed by atoms with Gasteiger partial charge in [0, 0.05) is 24.8 Å². The molecule has 34 heavy (non-hydrogen) atoms. The first-order valence-corrected chi connectivity index (χ1v) is 13.0. The zero-order chi connectivity index (χ0) is 23.9. The average Bonchev–Trinajstić information content (AvgIpc) is 3.25. The molecule has 5 rings (SSSR count). The van der Waals surface area contributed by atoms with Crippen LogP contribution in [0.25, 0.3) is 22.2 Å². The van der Waals surface area contributed by atoms with Gasteiger partial charge in [0.05, 0.1) is 16.9 Å². The maximum atomic E-state index is 13.7. The predicted molar refractivity (Wildman–Crippen MR) is 133 cm³/mol. The van der Waals surface area contributed by atoms with Crippen LogP contribution in [0.2, 0.25) is 0 Å². The number of hydrogen-bond acceptors (Lipinski definition) is 6. The van der Waals surface area contributed by atoms with E-state index < -0.39 is 10.0 Å². The van der Waals surface area contributed by atoms with E-state index >= 15 is 0 Å². The molecule has 1 saturated heterocycles. The molecule has 0 unspecified atom stereocenters. The maximum absolute atomic E-state index is 13.7. The molecule has 7 nitrogen and oxygen atoms in total. The maximum Gasteiger partial charge on any atom is 0.269 e. The van der Waals surface area contributed by atoms with Gasteiger partial charge in [-0.25, -0.2) is 22.4 Å². The van der Waals surface area contributed by atoms with Gasteiger partial charge in [-0.1, -0.05) is 42.8 Å². The molecule has 0 amide bonds. The highest BCUT2D eigenvalue weighted by atomic mass is 32.2. The SMILES string of the molecule is Cc1ccc(S(=O)(=O)n2cc(-c3cccc(CO)c3)c3c(N4CCC[C@H](C)C4)ncnc32)cc1. The molecule has 3 heterocycles. The Labute approximate surface area is 199 Å². The Hall–Kier alpha value is -3.23. The van der Waals surface area contributed by atoms with E-state index in [-0.39, 0.29) is 11.5 Å². The van der Waals surface area contributed by atoms with Gasteiger partial charge in [0.2, 0.25) is 0 Å². The Kier molecular flexibility index (Phi) is 5.87. The summed E-state index contributed by atoms with van der Waals surface area (Å²) in [7, 11) is -3.88. The summed E-state index contributed by atoms with van der Waals surface area (Å²) in [4.78, 5) is 11.5. The van der Waals surface area contributed by atoms with Crippen molar-refractivity contribution in [2.75, 3.05) is 18.0 Å². The molecule has 176 valence electrons. The monoisotopic (exact) mass is 476 g/mol. The number of aliphatic hydroxyl groups excluding tert-OH is 1. The normalized spacial score (nSPS) is 16.8. The highest BCUT2D eigenvalue weighted by molar-refractivity contribution is 7.90. The van der Waals surface area contributed by atoms with Crippen LogP contribution >= 0.6 is 0 Å². The second-order valence-corrected chi connectivity index (χ2v) is 10.9. The van der Waals surface area contributed by atoms with Gasteiger partial charge in [0.25, 0.3) is 10.0 Å². The van der Waals surface area contributed by atoms with Gasteiger partial charge in [0.1, 0.15) is 12.1 Å². The fraction of sp³-hybridized carbons (Fsp3) is 0.308. The van der Waals surface area contributed by atoms with Crippen LogP contribution in [0.4, 0.5) is 5.82 Å². The number of aromatic nitrogens is 3. The molecule has 0 aliphatic carbocycles. The van der Waals surface area contributed by atoms with Crippen LogP contribution in [-0.4, -0.2) is 40.6 Å². The first-order valence-electron chi connectivity index (χ1n) is 11.5. The number of aryl methyl sites for hydroxylation is 1. The number of aliphatic hydroxyl groups is 1. The van der Waals surface area contributed by atoms with Crippen molar-refractivity contribution in [1.29, 1.82) is 0 Å². The Balaban J connectivity index is 1.78. The second kappa shape index (κ2) is 8.85. The molecule has 2 aromatic heterocycles. The summed E-state index contributed by atoms with van der Waals surface area (Å²) in [6.45, 7) is 5.78. The summed E-state index contributed by atoms with van der Waals surface area (Å²) in [5.41, 5.74) is 3.64. The van der Waals surface area contributed by atoms with Gasteiger partial charge in [0.15, 0.2) is 5.65 Å². The molecule has 0 radical (unpaired) electrons. The van der Waals surface area contributed by atoms with E-state index in [1.54, 1.807) is 30.5 Å². The van der Waals surface area contributed by atoms with Crippen LogP contribution < -0.4 is 4.90 Å². The minimum absolute atomic E-state index is 0.0961. The van der Waals surface area contributed by atoms with Crippen molar-refractivity contribution in [3.63, 3.8) is 0 Å². The van der Waals surface area contributed by atoms with E-state index in [1.165, 1.54) is 16.7 Å². The minimum atomic E-state index is -3.88. The standard InChI is InChI=1S/C26H28N4O3S/c1-18-8-10-22(11-9-18)34(32,33)30-15-23(21-7-3-6-20(13-21)16-31)24-25(27-17-28-26(24)30)29-12-4-5-19(2)14-29/h3,6-11,13,15,17,19,31H,4-5,12,14,16H2,1-2H3/t19-/m0/s1.